The van der Waals surface area contributed by atoms with E-state index >= 15 is 0 Å². The molecule has 1 aliphatic rings. The molecule has 6 heteroatoms. The summed E-state index contributed by atoms with van der Waals surface area (Å²) in [5.41, 5.74) is 2.04. The smallest absolute Gasteiger partial charge is 0.231 e. The lowest BCUT2D eigenvalue weighted by Crippen LogP contribution is -2.04. The highest BCUT2D eigenvalue weighted by atomic mass is 79.9. The number of hydrogen-bond donors (Lipinski definition) is 1. The van der Waals surface area contributed by atoms with Crippen molar-refractivity contribution in [2.45, 2.75) is 13.5 Å². The summed E-state index contributed by atoms with van der Waals surface area (Å²) in [4.78, 5) is 0. The van der Waals surface area contributed by atoms with E-state index in [1.165, 1.54) is 0 Å². The van der Waals surface area contributed by atoms with Gasteiger partial charge >= 0.3 is 0 Å². The molecule has 4 nitrogen and oxygen atoms in total. The Morgan fingerprint density at radius 3 is 2.77 bits per heavy atom. The van der Waals surface area contributed by atoms with E-state index in [1.807, 2.05) is 31.2 Å². The molecule has 0 bridgehead atoms. The Labute approximate surface area is 146 Å². The zero-order chi connectivity index (χ0) is 15.5. The molecule has 0 unspecified atom stereocenters. The molecule has 1 aliphatic heterocycles. The van der Waals surface area contributed by atoms with Crippen molar-refractivity contribution in [1.29, 1.82) is 0 Å². The summed E-state index contributed by atoms with van der Waals surface area (Å²) in [6.45, 7) is 3.53. The maximum atomic E-state index is 5.73. The van der Waals surface area contributed by atoms with Crippen LogP contribution in [-0.4, -0.2) is 13.4 Å². The van der Waals surface area contributed by atoms with E-state index in [1.54, 1.807) is 0 Å². The number of ether oxygens (including phenoxy) is 3. The first-order valence-corrected chi connectivity index (χ1v) is 8.50. The van der Waals surface area contributed by atoms with Crippen LogP contribution in [0.2, 0.25) is 0 Å². The number of fused-ring (bicyclic) bond motifs is 1. The number of benzene rings is 2. The molecule has 2 aromatic carbocycles. The van der Waals surface area contributed by atoms with E-state index in [4.69, 9.17) is 14.2 Å². The second-order valence-electron chi connectivity index (χ2n) is 4.73. The quantitative estimate of drug-likeness (QED) is 0.731. The molecule has 0 saturated carbocycles. The molecular weight excluding hydrogens is 414 g/mol. The lowest BCUT2D eigenvalue weighted by atomic mass is 10.2. The molecule has 0 fully saturated rings. The first-order valence-electron chi connectivity index (χ1n) is 6.91. The van der Waals surface area contributed by atoms with E-state index in [9.17, 15) is 0 Å². The normalized spacial score (nSPS) is 12.3. The number of halogens is 2. The van der Waals surface area contributed by atoms with E-state index < -0.39 is 0 Å². The molecule has 0 aliphatic carbocycles. The van der Waals surface area contributed by atoms with Gasteiger partial charge in [0.05, 0.1) is 11.1 Å². The van der Waals surface area contributed by atoms with E-state index in [-0.39, 0.29) is 6.79 Å². The van der Waals surface area contributed by atoms with Gasteiger partial charge in [0.1, 0.15) is 5.75 Å². The molecule has 0 radical (unpaired) electrons. The van der Waals surface area contributed by atoms with Gasteiger partial charge in [0.2, 0.25) is 6.79 Å². The van der Waals surface area contributed by atoms with Gasteiger partial charge in [-0.15, -0.1) is 0 Å². The lowest BCUT2D eigenvalue weighted by Gasteiger charge is -2.14. The SMILES string of the molecule is CCOc1c(Br)cc(Br)cc1CNc1ccc2c(c1)OCO2. The van der Waals surface area contributed by atoms with Crippen LogP contribution in [0.25, 0.3) is 0 Å². The largest absolute Gasteiger partial charge is 0.492 e. The molecule has 1 N–H and O–H groups in total. The van der Waals surface area contributed by atoms with E-state index in [2.05, 4.69) is 43.2 Å². The number of rotatable bonds is 5. The molecule has 0 amide bonds. The molecule has 3 rings (SSSR count). The Balaban J connectivity index is 1.78. The van der Waals surface area contributed by atoms with Crippen molar-refractivity contribution in [2.24, 2.45) is 0 Å². The van der Waals surface area contributed by atoms with Crippen LogP contribution < -0.4 is 19.5 Å². The predicted octanol–water partition coefficient (Wildman–Crippen LogP) is 4.95. The maximum Gasteiger partial charge on any atom is 0.231 e. The highest BCUT2D eigenvalue weighted by Gasteiger charge is 2.14. The fraction of sp³-hybridized carbons (Fsp3) is 0.250. The molecule has 0 saturated heterocycles. The van der Waals surface area contributed by atoms with Gasteiger partial charge in [-0.05, 0) is 47.1 Å². The Morgan fingerprint density at radius 1 is 1.14 bits per heavy atom. The van der Waals surface area contributed by atoms with Gasteiger partial charge in [0.25, 0.3) is 0 Å². The van der Waals surface area contributed by atoms with Gasteiger partial charge in [-0.2, -0.15) is 0 Å². The Morgan fingerprint density at radius 2 is 1.95 bits per heavy atom. The van der Waals surface area contributed by atoms with Crippen LogP contribution in [0.3, 0.4) is 0 Å². The Bertz CT molecular complexity index is 691. The van der Waals surface area contributed by atoms with Gasteiger partial charge < -0.3 is 19.5 Å². The number of anilines is 1. The Kier molecular flexibility index (Phi) is 4.78. The van der Waals surface area contributed by atoms with Crippen molar-refractivity contribution in [3.63, 3.8) is 0 Å². The molecule has 0 spiro atoms. The molecule has 2 aromatic rings. The van der Waals surface area contributed by atoms with Crippen LogP contribution in [0.4, 0.5) is 5.69 Å². The zero-order valence-electron chi connectivity index (χ0n) is 12.0. The summed E-state index contributed by atoms with van der Waals surface area (Å²) < 4.78 is 18.4. The topological polar surface area (TPSA) is 39.7 Å². The van der Waals surface area contributed by atoms with Crippen LogP contribution in [0.1, 0.15) is 12.5 Å². The molecule has 0 atom stereocenters. The number of hydrogen-bond acceptors (Lipinski definition) is 4. The van der Waals surface area contributed by atoms with Crippen molar-refractivity contribution in [1.82, 2.24) is 0 Å². The third kappa shape index (κ3) is 3.33. The maximum absolute atomic E-state index is 5.73. The summed E-state index contributed by atoms with van der Waals surface area (Å²) >= 11 is 7.06. The summed E-state index contributed by atoms with van der Waals surface area (Å²) in [6.07, 6.45) is 0. The van der Waals surface area contributed by atoms with Crippen LogP contribution in [0.5, 0.6) is 17.2 Å². The Hall–Kier alpha value is -1.40. The van der Waals surface area contributed by atoms with E-state index in [0.29, 0.717) is 13.2 Å². The van der Waals surface area contributed by atoms with Crippen LogP contribution in [0.15, 0.2) is 39.3 Å². The summed E-state index contributed by atoms with van der Waals surface area (Å²) in [6, 6.07) is 9.85. The van der Waals surface area contributed by atoms with E-state index in [0.717, 1.165) is 37.4 Å². The first kappa shape index (κ1) is 15.5. The van der Waals surface area contributed by atoms with Crippen molar-refractivity contribution in [2.75, 3.05) is 18.7 Å². The van der Waals surface area contributed by atoms with Crippen LogP contribution in [-0.2, 0) is 6.54 Å². The van der Waals surface area contributed by atoms with Gasteiger partial charge in [0, 0.05) is 28.3 Å². The molecule has 116 valence electrons. The van der Waals surface area contributed by atoms with Crippen molar-refractivity contribution in [3.05, 3.63) is 44.8 Å². The average molecular weight is 429 g/mol. The summed E-state index contributed by atoms with van der Waals surface area (Å²) in [5, 5.41) is 3.39. The minimum absolute atomic E-state index is 0.284. The first-order chi connectivity index (χ1) is 10.7. The minimum Gasteiger partial charge on any atom is -0.492 e. The second kappa shape index (κ2) is 6.79. The van der Waals surface area contributed by atoms with Crippen LogP contribution in [0, 0.1) is 0 Å². The second-order valence-corrected chi connectivity index (χ2v) is 6.50. The van der Waals surface area contributed by atoms with Crippen LogP contribution >= 0.6 is 31.9 Å². The highest BCUT2D eigenvalue weighted by molar-refractivity contribution is 9.11. The third-order valence-corrected chi connectivity index (χ3v) is 4.28. The van der Waals surface area contributed by atoms with Crippen molar-refractivity contribution < 1.29 is 14.2 Å². The molecule has 22 heavy (non-hydrogen) atoms. The van der Waals surface area contributed by atoms with Gasteiger partial charge in [0.15, 0.2) is 11.5 Å². The monoisotopic (exact) mass is 427 g/mol. The summed E-state index contributed by atoms with van der Waals surface area (Å²) in [7, 11) is 0. The fourth-order valence-corrected chi connectivity index (χ4v) is 3.68. The number of nitrogens with one attached hydrogen (secondary N) is 1. The fourth-order valence-electron chi connectivity index (χ4n) is 2.25. The van der Waals surface area contributed by atoms with Gasteiger partial charge in [-0.1, -0.05) is 15.9 Å². The highest BCUT2D eigenvalue weighted by Crippen LogP contribution is 2.36. The molecule has 0 aromatic heterocycles. The minimum atomic E-state index is 0.284. The lowest BCUT2D eigenvalue weighted by molar-refractivity contribution is 0.174. The third-order valence-electron chi connectivity index (χ3n) is 3.23. The standard InChI is InChI=1S/C16H15Br2NO3/c1-2-20-16-10(5-11(17)6-13(16)18)8-19-12-3-4-14-15(7-12)22-9-21-14/h3-7,19H,2,8-9H2,1H3. The zero-order valence-corrected chi connectivity index (χ0v) is 15.2. The summed E-state index contributed by atoms with van der Waals surface area (Å²) in [5.74, 6) is 2.41. The van der Waals surface area contributed by atoms with Crippen molar-refractivity contribution in [3.8, 4) is 17.2 Å². The van der Waals surface area contributed by atoms with Gasteiger partial charge in [-0.25, -0.2) is 0 Å². The average Bonchev–Trinajstić information content (AvgIpc) is 2.95. The molecular formula is C16H15Br2NO3. The van der Waals surface area contributed by atoms with Gasteiger partial charge in [-0.3, -0.25) is 0 Å². The van der Waals surface area contributed by atoms with Crippen molar-refractivity contribution >= 4 is 37.5 Å². The molecule has 1 heterocycles. The predicted molar refractivity (Wildman–Crippen MR) is 92.9 cm³/mol.